The van der Waals surface area contributed by atoms with Crippen LogP contribution in [0.4, 0.5) is 17.1 Å². The Bertz CT molecular complexity index is 1470. The summed E-state index contributed by atoms with van der Waals surface area (Å²) in [5, 5.41) is 0. The molecule has 0 atom stereocenters. The quantitative estimate of drug-likeness (QED) is 0.156. The molecule has 0 aliphatic carbocycles. The highest BCUT2D eigenvalue weighted by molar-refractivity contribution is 5.86. The van der Waals surface area contributed by atoms with E-state index in [1.54, 1.807) is 24.3 Å². The van der Waals surface area contributed by atoms with Gasteiger partial charge >= 0.3 is 11.9 Å². The number of anilines is 3. The molecule has 0 spiro atoms. The van der Waals surface area contributed by atoms with Crippen LogP contribution in [0.15, 0.2) is 112 Å². The fourth-order valence-corrected chi connectivity index (χ4v) is 4.39. The molecule has 7 nitrogen and oxygen atoms in total. The lowest BCUT2D eigenvalue weighted by Crippen LogP contribution is -2.11. The molecule has 0 unspecified atom stereocenters. The molecule has 0 N–H and O–H groups in total. The third-order valence-electron chi connectivity index (χ3n) is 6.83. The molecule has 5 rings (SSSR count). The second-order valence-corrected chi connectivity index (χ2v) is 9.66. The summed E-state index contributed by atoms with van der Waals surface area (Å²) in [6.07, 6.45) is 4.08. The second-order valence-electron chi connectivity index (χ2n) is 9.66. The van der Waals surface area contributed by atoms with Gasteiger partial charge in [-0.2, -0.15) is 0 Å². The highest BCUT2D eigenvalue weighted by Gasteiger charge is 2.15. The Morgan fingerprint density at radius 2 is 1.07 bits per heavy atom. The first kappa shape index (κ1) is 27.5. The highest BCUT2D eigenvalue weighted by Crippen LogP contribution is 2.35. The van der Waals surface area contributed by atoms with Crippen LogP contribution in [0.25, 0.3) is 0 Å². The lowest BCUT2D eigenvalue weighted by molar-refractivity contribution is 0.0464. The Kier molecular flexibility index (Phi) is 8.64. The number of carbonyl (C=O) groups is 2. The van der Waals surface area contributed by atoms with Gasteiger partial charge in [-0.05, 0) is 96.8 Å². The molecule has 0 bridgehead atoms. The smallest absolute Gasteiger partial charge is 0.374 e. The van der Waals surface area contributed by atoms with Crippen molar-refractivity contribution in [1.82, 2.24) is 0 Å². The van der Waals surface area contributed by atoms with Gasteiger partial charge in [0, 0.05) is 29.9 Å². The predicted molar refractivity (Wildman–Crippen MR) is 156 cm³/mol. The number of aryl methyl sites for hydroxylation is 2. The molecule has 208 valence electrons. The van der Waals surface area contributed by atoms with E-state index in [0.29, 0.717) is 12.8 Å². The second kappa shape index (κ2) is 12.9. The zero-order valence-electron chi connectivity index (χ0n) is 23.0. The number of ether oxygens (including phenoxy) is 2. The Morgan fingerprint density at radius 3 is 1.49 bits per heavy atom. The molecular weight excluding hydrogens is 518 g/mol. The predicted octanol–water partition coefficient (Wildman–Crippen LogP) is 7.76. The van der Waals surface area contributed by atoms with Crippen molar-refractivity contribution in [2.24, 2.45) is 0 Å². The summed E-state index contributed by atoms with van der Waals surface area (Å²) in [6.45, 7) is 4.73. The van der Waals surface area contributed by atoms with Gasteiger partial charge < -0.3 is 23.2 Å². The van der Waals surface area contributed by atoms with Crippen molar-refractivity contribution in [3.63, 3.8) is 0 Å². The van der Waals surface area contributed by atoms with Crippen molar-refractivity contribution < 1.29 is 27.9 Å². The molecule has 2 heterocycles. The van der Waals surface area contributed by atoms with Gasteiger partial charge in [-0.15, -0.1) is 0 Å². The maximum Gasteiger partial charge on any atom is 0.374 e. The minimum absolute atomic E-state index is 0.199. The largest absolute Gasteiger partial charge is 0.459 e. The summed E-state index contributed by atoms with van der Waals surface area (Å²) in [5.74, 6) is -0.533. The zero-order chi connectivity index (χ0) is 28.6. The molecule has 7 heteroatoms. The standard InChI is InChI=1S/C34H31NO6/c1-24-7-12-30(23-25(24)2)35(28-13-8-26(9-14-28)17-21-40-33(36)31-5-3-19-38-31)29-15-10-27(11-16-29)18-22-41-34(37)32-6-4-20-39-32/h3-16,19-20,23H,17-18,21-22H2,1-2H3. The van der Waals surface area contributed by atoms with Crippen LogP contribution in [0, 0.1) is 13.8 Å². The summed E-state index contributed by atoms with van der Waals surface area (Å²) in [6, 6.07) is 29.4. The fraction of sp³-hybridized carbons (Fsp3) is 0.176. The summed E-state index contributed by atoms with van der Waals surface area (Å²) >= 11 is 0. The maximum absolute atomic E-state index is 12.0. The highest BCUT2D eigenvalue weighted by atomic mass is 16.5. The molecule has 3 aromatic carbocycles. The Morgan fingerprint density at radius 1 is 0.610 bits per heavy atom. The van der Waals surface area contributed by atoms with E-state index in [4.69, 9.17) is 18.3 Å². The molecule has 0 aliphatic rings. The molecule has 2 aromatic heterocycles. The average Bonchev–Trinajstić information content (AvgIpc) is 3.72. The number of hydrogen-bond acceptors (Lipinski definition) is 7. The average molecular weight is 550 g/mol. The first-order valence-electron chi connectivity index (χ1n) is 13.4. The minimum atomic E-state index is -0.466. The van der Waals surface area contributed by atoms with Crippen LogP contribution in [0.1, 0.15) is 43.4 Å². The molecule has 0 radical (unpaired) electrons. The number of esters is 2. The lowest BCUT2D eigenvalue weighted by Gasteiger charge is -2.26. The van der Waals surface area contributed by atoms with Gasteiger partial charge in [-0.1, -0.05) is 30.3 Å². The fourth-order valence-electron chi connectivity index (χ4n) is 4.39. The van der Waals surface area contributed by atoms with Gasteiger partial charge in [0.2, 0.25) is 11.5 Å². The third kappa shape index (κ3) is 6.94. The van der Waals surface area contributed by atoms with Crippen LogP contribution in [0.2, 0.25) is 0 Å². The summed E-state index contributed by atoms with van der Waals surface area (Å²) in [4.78, 5) is 26.2. The minimum Gasteiger partial charge on any atom is -0.459 e. The first-order valence-corrected chi connectivity index (χ1v) is 13.4. The molecule has 0 amide bonds. The van der Waals surface area contributed by atoms with Crippen LogP contribution in [0.3, 0.4) is 0 Å². The summed E-state index contributed by atoms with van der Waals surface area (Å²) < 4.78 is 20.8. The SMILES string of the molecule is Cc1ccc(N(c2ccc(CCOC(=O)c3ccco3)cc2)c2ccc(CCOC(=O)c3ccco3)cc2)cc1C. The number of benzene rings is 3. The van der Waals surface area contributed by atoms with Crippen molar-refractivity contribution >= 4 is 29.0 Å². The molecule has 0 fully saturated rings. The number of nitrogens with zero attached hydrogens (tertiary/aromatic N) is 1. The first-order chi connectivity index (χ1) is 20.0. The van der Waals surface area contributed by atoms with Crippen LogP contribution in [0.5, 0.6) is 0 Å². The number of furan rings is 2. The van der Waals surface area contributed by atoms with Crippen LogP contribution in [-0.2, 0) is 22.3 Å². The lowest BCUT2D eigenvalue weighted by atomic mass is 10.1. The summed E-state index contributed by atoms with van der Waals surface area (Å²) in [7, 11) is 0. The van der Waals surface area contributed by atoms with E-state index in [1.165, 1.54) is 23.7 Å². The van der Waals surface area contributed by atoms with E-state index in [0.717, 1.165) is 28.2 Å². The third-order valence-corrected chi connectivity index (χ3v) is 6.83. The van der Waals surface area contributed by atoms with Gasteiger partial charge in [0.15, 0.2) is 0 Å². The van der Waals surface area contributed by atoms with Crippen molar-refractivity contribution in [2.45, 2.75) is 26.7 Å². The summed E-state index contributed by atoms with van der Waals surface area (Å²) in [5.41, 5.74) is 7.61. The number of rotatable bonds is 11. The number of carbonyl (C=O) groups excluding carboxylic acids is 2. The van der Waals surface area contributed by atoms with Crippen molar-refractivity contribution in [3.8, 4) is 0 Å². The van der Waals surface area contributed by atoms with E-state index >= 15 is 0 Å². The van der Waals surface area contributed by atoms with Crippen molar-refractivity contribution in [1.29, 1.82) is 0 Å². The van der Waals surface area contributed by atoms with Crippen molar-refractivity contribution in [2.75, 3.05) is 18.1 Å². The molecule has 0 saturated heterocycles. The van der Waals surface area contributed by atoms with Crippen molar-refractivity contribution in [3.05, 3.63) is 137 Å². The van der Waals surface area contributed by atoms with E-state index in [9.17, 15) is 9.59 Å². The van der Waals surface area contributed by atoms with Gasteiger partial charge in [0.25, 0.3) is 0 Å². The van der Waals surface area contributed by atoms with Crippen LogP contribution < -0.4 is 4.90 Å². The van der Waals surface area contributed by atoms with Crippen LogP contribution in [-0.4, -0.2) is 25.2 Å². The normalized spacial score (nSPS) is 10.8. The van der Waals surface area contributed by atoms with Gasteiger partial charge in [-0.3, -0.25) is 0 Å². The molecular formula is C34H31NO6. The molecule has 5 aromatic rings. The zero-order valence-corrected chi connectivity index (χ0v) is 23.0. The maximum atomic E-state index is 12.0. The monoisotopic (exact) mass is 549 g/mol. The van der Waals surface area contributed by atoms with E-state index in [-0.39, 0.29) is 24.7 Å². The Hall–Kier alpha value is -5.04. The van der Waals surface area contributed by atoms with Gasteiger partial charge in [0.1, 0.15) is 0 Å². The molecule has 41 heavy (non-hydrogen) atoms. The van der Waals surface area contributed by atoms with E-state index in [1.807, 2.05) is 24.3 Å². The van der Waals surface area contributed by atoms with E-state index < -0.39 is 11.9 Å². The Balaban J connectivity index is 1.27. The Labute approximate surface area is 238 Å². The van der Waals surface area contributed by atoms with Crippen LogP contribution >= 0.6 is 0 Å². The molecule has 0 aliphatic heterocycles. The van der Waals surface area contributed by atoms with Gasteiger partial charge in [0.05, 0.1) is 25.7 Å². The topological polar surface area (TPSA) is 82.1 Å². The number of hydrogen-bond donors (Lipinski definition) is 0. The van der Waals surface area contributed by atoms with E-state index in [2.05, 4.69) is 61.2 Å². The van der Waals surface area contributed by atoms with Gasteiger partial charge in [-0.25, -0.2) is 9.59 Å². The molecule has 0 saturated carbocycles.